The molecule has 0 aliphatic carbocycles. The number of aliphatic hydroxyl groups excluding tert-OH is 1. The van der Waals surface area contributed by atoms with Crippen LogP contribution in [0.15, 0.2) is 17.8 Å². The Hall–Kier alpha value is -1.20. The lowest BCUT2D eigenvalue weighted by Gasteiger charge is -2.12. The third-order valence-corrected chi connectivity index (χ3v) is 4.50. The van der Waals surface area contributed by atoms with E-state index in [1.165, 1.54) is 11.3 Å². The van der Waals surface area contributed by atoms with E-state index in [2.05, 4.69) is 23.9 Å². The lowest BCUT2D eigenvalue weighted by molar-refractivity contribution is 0.179. The number of aliphatic hydroxyl groups is 1. The van der Waals surface area contributed by atoms with Gasteiger partial charge in [-0.05, 0) is 25.8 Å². The topological polar surface area (TPSA) is 50.9 Å². The van der Waals surface area contributed by atoms with Crippen molar-refractivity contribution in [1.29, 1.82) is 0 Å². The third kappa shape index (κ3) is 3.22. The summed E-state index contributed by atoms with van der Waals surface area (Å²) in [6.45, 7) is 6.27. The van der Waals surface area contributed by atoms with Gasteiger partial charge in [0.05, 0.1) is 33.9 Å². The number of thiazole rings is 1. The summed E-state index contributed by atoms with van der Waals surface area (Å²) in [5, 5.41) is 14.8. The third-order valence-electron chi connectivity index (χ3n) is 3.47. The number of aromatic nitrogens is 3. The van der Waals surface area contributed by atoms with Crippen LogP contribution in [0.1, 0.15) is 55.1 Å². The zero-order valence-corrected chi connectivity index (χ0v) is 12.5. The van der Waals surface area contributed by atoms with Crippen LogP contribution in [0.5, 0.6) is 0 Å². The Morgan fingerprint density at radius 3 is 2.68 bits per heavy atom. The summed E-state index contributed by atoms with van der Waals surface area (Å²) in [5.74, 6) is 0. The van der Waals surface area contributed by atoms with Gasteiger partial charge >= 0.3 is 0 Å². The quantitative estimate of drug-likeness (QED) is 0.882. The molecule has 1 atom stereocenters. The largest absolute Gasteiger partial charge is 0.387 e. The Bertz CT molecular complexity index is 516. The highest BCUT2D eigenvalue weighted by Gasteiger charge is 2.16. The molecular weight excluding hydrogens is 258 g/mol. The molecule has 0 saturated heterocycles. The second kappa shape index (κ2) is 6.30. The van der Waals surface area contributed by atoms with Gasteiger partial charge in [-0.1, -0.05) is 13.8 Å². The van der Waals surface area contributed by atoms with Crippen LogP contribution < -0.4 is 0 Å². The standard InChI is InChI=1S/C14H21N3OS/c1-4-12(5-2)17-7-6-11(16-17)8-13(18)14-10(3)15-9-19-14/h6-7,9,12-13,18H,4-5,8H2,1-3H3. The predicted molar refractivity (Wildman–Crippen MR) is 77.4 cm³/mol. The molecule has 1 unspecified atom stereocenters. The van der Waals surface area contributed by atoms with Gasteiger partial charge in [-0.25, -0.2) is 4.98 Å². The molecule has 2 rings (SSSR count). The van der Waals surface area contributed by atoms with E-state index >= 15 is 0 Å². The average molecular weight is 279 g/mol. The molecule has 19 heavy (non-hydrogen) atoms. The zero-order chi connectivity index (χ0) is 13.8. The molecule has 5 heteroatoms. The van der Waals surface area contributed by atoms with E-state index in [1.807, 2.05) is 23.9 Å². The molecule has 1 N–H and O–H groups in total. The van der Waals surface area contributed by atoms with E-state index in [1.54, 1.807) is 5.51 Å². The van der Waals surface area contributed by atoms with Crippen molar-refractivity contribution in [3.63, 3.8) is 0 Å². The van der Waals surface area contributed by atoms with Crippen LogP contribution in [0.4, 0.5) is 0 Å². The Morgan fingerprint density at radius 2 is 2.11 bits per heavy atom. The highest BCUT2D eigenvalue weighted by molar-refractivity contribution is 7.09. The van der Waals surface area contributed by atoms with Crippen LogP contribution in [-0.4, -0.2) is 19.9 Å². The van der Waals surface area contributed by atoms with Crippen LogP contribution >= 0.6 is 11.3 Å². The number of nitrogens with zero attached hydrogens (tertiary/aromatic N) is 3. The minimum atomic E-state index is -0.502. The van der Waals surface area contributed by atoms with E-state index in [-0.39, 0.29) is 0 Å². The molecule has 0 bridgehead atoms. The summed E-state index contributed by atoms with van der Waals surface area (Å²) in [4.78, 5) is 5.11. The van der Waals surface area contributed by atoms with Crippen LogP contribution in [0.2, 0.25) is 0 Å². The molecule has 104 valence electrons. The van der Waals surface area contributed by atoms with Crippen molar-refractivity contribution >= 4 is 11.3 Å². The van der Waals surface area contributed by atoms with Crippen molar-refractivity contribution in [3.8, 4) is 0 Å². The van der Waals surface area contributed by atoms with E-state index in [0.29, 0.717) is 12.5 Å². The Balaban J connectivity index is 2.06. The van der Waals surface area contributed by atoms with Gasteiger partial charge in [0.25, 0.3) is 0 Å². The van der Waals surface area contributed by atoms with Gasteiger partial charge in [0.2, 0.25) is 0 Å². The minimum Gasteiger partial charge on any atom is -0.387 e. The van der Waals surface area contributed by atoms with Gasteiger partial charge in [0.15, 0.2) is 0 Å². The molecule has 2 aromatic heterocycles. The number of rotatable bonds is 6. The average Bonchev–Trinajstić information content (AvgIpc) is 3.00. The highest BCUT2D eigenvalue weighted by atomic mass is 32.1. The summed E-state index contributed by atoms with van der Waals surface area (Å²) >= 11 is 1.50. The second-order valence-electron chi connectivity index (χ2n) is 4.78. The van der Waals surface area contributed by atoms with E-state index in [9.17, 15) is 5.11 Å². The lowest BCUT2D eigenvalue weighted by Crippen LogP contribution is -2.09. The molecule has 0 spiro atoms. The smallest absolute Gasteiger partial charge is 0.0956 e. The monoisotopic (exact) mass is 279 g/mol. The van der Waals surface area contributed by atoms with Crippen LogP contribution in [0.25, 0.3) is 0 Å². The molecule has 0 aliphatic heterocycles. The molecule has 0 amide bonds. The lowest BCUT2D eigenvalue weighted by atomic mass is 10.1. The fourth-order valence-corrected chi connectivity index (χ4v) is 3.06. The SMILES string of the molecule is CCC(CC)n1ccc(CC(O)c2scnc2C)n1. The maximum absolute atomic E-state index is 10.2. The summed E-state index contributed by atoms with van der Waals surface area (Å²) in [6, 6.07) is 2.45. The molecule has 4 nitrogen and oxygen atoms in total. The number of aryl methyl sites for hydroxylation is 1. The van der Waals surface area contributed by atoms with Crippen LogP contribution in [-0.2, 0) is 6.42 Å². The predicted octanol–water partition coefficient (Wildman–Crippen LogP) is 3.29. The first-order chi connectivity index (χ1) is 9.15. The maximum atomic E-state index is 10.2. The van der Waals surface area contributed by atoms with Gasteiger partial charge in [-0.2, -0.15) is 5.10 Å². The molecular formula is C14H21N3OS. The highest BCUT2D eigenvalue weighted by Crippen LogP contribution is 2.24. The molecule has 0 saturated carbocycles. The van der Waals surface area contributed by atoms with E-state index in [0.717, 1.165) is 29.1 Å². The van der Waals surface area contributed by atoms with E-state index in [4.69, 9.17) is 0 Å². The summed E-state index contributed by atoms with van der Waals surface area (Å²) < 4.78 is 2.02. The minimum absolute atomic E-state index is 0.455. The van der Waals surface area contributed by atoms with Crippen LogP contribution in [0.3, 0.4) is 0 Å². The van der Waals surface area contributed by atoms with Gasteiger partial charge < -0.3 is 5.11 Å². The first-order valence-electron chi connectivity index (χ1n) is 6.77. The van der Waals surface area contributed by atoms with Crippen molar-refractivity contribution in [2.45, 2.75) is 52.2 Å². The molecule has 0 aliphatic rings. The fraction of sp³-hybridized carbons (Fsp3) is 0.571. The van der Waals surface area contributed by atoms with Gasteiger partial charge in [-0.15, -0.1) is 11.3 Å². The van der Waals surface area contributed by atoms with Crippen molar-refractivity contribution < 1.29 is 5.11 Å². The molecule has 2 heterocycles. The second-order valence-corrected chi connectivity index (χ2v) is 5.67. The summed E-state index contributed by atoms with van der Waals surface area (Å²) in [6.07, 6.45) is 4.22. The Labute approximate surface area is 118 Å². The van der Waals surface area contributed by atoms with Crippen molar-refractivity contribution in [2.24, 2.45) is 0 Å². The summed E-state index contributed by atoms with van der Waals surface area (Å²) in [5.41, 5.74) is 3.63. The fourth-order valence-electron chi connectivity index (χ4n) is 2.27. The van der Waals surface area contributed by atoms with E-state index < -0.39 is 6.10 Å². The molecule has 0 fully saturated rings. The molecule has 0 aromatic carbocycles. The normalized spacial score (nSPS) is 13.1. The number of hydrogen-bond donors (Lipinski definition) is 1. The van der Waals surface area contributed by atoms with Crippen molar-refractivity contribution in [1.82, 2.24) is 14.8 Å². The Morgan fingerprint density at radius 1 is 1.37 bits per heavy atom. The van der Waals surface area contributed by atoms with Gasteiger partial charge in [0, 0.05) is 12.6 Å². The summed E-state index contributed by atoms with van der Waals surface area (Å²) in [7, 11) is 0. The number of hydrogen-bond acceptors (Lipinski definition) is 4. The zero-order valence-electron chi connectivity index (χ0n) is 11.7. The Kier molecular flexibility index (Phi) is 4.71. The molecule has 0 radical (unpaired) electrons. The van der Waals surface area contributed by atoms with Crippen molar-refractivity contribution in [3.05, 3.63) is 34.0 Å². The van der Waals surface area contributed by atoms with Gasteiger partial charge in [0.1, 0.15) is 0 Å². The van der Waals surface area contributed by atoms with Gasteiger partial charge in [-0.3, -0.25) is 4.68 Å². The first kappa shape index (κ1) is 14.2. The molecule has 2 aromatic rings. The maximum Gasteiger partial charge on any atom is 0.0956 e. The van der Waals surface area contributed by atoms with Crippen molar-refractivity contribution in [2.75, 3.05) is 0 Å². The first-order valence-corrected chi connectivity index (χ1v) is 7.65. The van der Waals surface area contributed by atoms with Crippen LogP contribution in [0, 0.1) is 6.92 Å².